The Balaban J connectivity index is 1.09. The molecule has 0 unspecified atom stereocenters. The van der Waals surface area contributed by atoms with Gasteiger partial charge in [-0.1, -0.05) is 174 Å². The van der Waals surface area contributed by atoms with Crippen molar-refractivity contribution in [2.24, 2.45) is 0 Å². The highest BCUT2D eigenvalue weighted by Crippen LogP contribution is 2.38. The molecule has 0 atom stereocenters. The van der Waals surface area contributed by atoms with Crippen molar-refractivity contribution < 1.29 is 4.42 Å². The molecule has 57 heavy (non-hydrogen) atoms. The van der Waals surface area contributed by atoms with Crippen molar-refractivity contribution in [1.29, 1.82) is 0 Å². The van der Waals surface area contributed by atoms with Crippen LogP contribution in [0.1, 0.15) is 0 Å². The molecule has 3 heterocycles. The van der Waals surface area contributed by atoms with Crippen LogP contribution in [0.3, 0.4) is 0 Å². The molecule has 3 aromatic heterocycles. The van der Waals surface area contributed by atoms with Crippen LogP contribution in [0.2, 0.25) is 0 Å². The molecular formula is C53H35N2OSi. The average Bonchev–Trinajstić information content (AvgIpc) is 3.83. The lowest BCUT2D eigenvalue weighted by Crippen LogP contribution is -2.51. The van der Waals surface area contributed by atoms with Crippen LogP contribution in [-0.2, 0) is 0 Å². The van der Waals surface area contributed by atoms with Gasteiger partial charge in [-0.3, -0.25) is 4.57 Å². The molecule has 11 aromatic rings. The number of aromatic nitrogens is 2. The molecule has 0 aliphatic carbocycles. The Morgan fingerprint density at radius 3 is 1.70 bits per heavy atom. The topological polar surface area (TPSA) is 31.0 Å². The van der Waals surface area contributed by atoms with E-state index in [1.807, 2.05) is 12.1 Å². The smallest absolute Gasteiger partial charge is 0.154 e. The predicted octanol–water partition coefficient (Wildman–Crippen LogP) is 11.6. The Kier molecular flexibility index (Phi) is 8.01. The van der Waals surface area contributed by atoms with E-state index in [9.17, 15) is 0 Å². The van der Waals surface area contributed by atoms with E-state index in [0.717, 1.165) is 72.3 Å². The monoisotopic (exact) mass is 743 g/mol. The van der Waals surface area contributed by atoms with Crippen LogP contribution >= 0.6 is 0 Å². The summed E-state index contributed by atoms with van der Waals surface area (Å²) >= 11 is 0. The summed E-state index contributed by atoms with van der Waals surface area (Å²) in [6.45, 7) is 0. The Morgan fingerprint density at radius 2 is 0.930 bits per heavy atom. The second-order valence-electron chi connectivity index (χ2n) is 14.5. The Hall–Kier alpha value is -7.27. The number of benzene rings is 8. The summed E-state index contributed by atoms with van der Waals surface area (Å²) < 4.78 is 8.49. The first-order valence-corrected chi connectivity index (χ1v) is 20.9. The highest BCUT2D eigenvalue weighted by Gasteiger charge is 2.21. The normalized spacial score (nSPS) is 11.7. The molecule has 0 aliphatic heterocycles. The maximum absolute atomic E-state index is 6.16. The minimum absolute atomic E-state index is 0.888. The molecule has 0 amide bonds. The van der Waals surface area contributed by atoms with Crippen LogP contribution in [0, 0.1) is 0 Å². The van der Waals surface area contributed by atoms with Gasteiger partial charge < -0.3 is 4.42 Å². The van der Waals surface area contributed by atoms with Gasteiger partial charge in [0.05, 0.1) is 16.7 Å². The highest BCUT2D eigenvalue weighted by atomic mass is 28.3. The van der Waals surface area contributed by atoms with E-state index in [1.54, 1.807) is 0 Å². The fraction of sp³-hybridized carbons (Fsp3) is 0. The largest absolute Gasteiger partial charge is 0.456 e. The number of para-hydroxylation sites is 2. The minimum atomic E-state index is -1.26. The molecule has 0 saturated carbocycles. The molecule has 1 radical (unpaired) electrons. The van der Waals surface area contributed by atoms with E-state index in [4.69, 9.17) is 9.40 Å². The van der Waals surface area contributed by atoms with Gasteiger partial charge in [0.25, 0.3) is 0 Å². The van der Waals surface area contributed by atoms with Gasteiger partial charge in [0.2, 0.25) is 0 Å². The van der Waals surface area contributed by atoms with Gasteiger partial charge in [-0.05, 0) is 76.0 Å². The standard InChI is InChI=1S/C53H35N2OSi/c1-4-15-36(16-5-1)40-34-48(39-17-14-22-43(31-39)57(41-18-6-2-7-19-41)42-20-8-3-9-21-42)54-53(35-40)55-49-25-12-10-23-44(49)46-32-37(27-29-50(46)55)38-28-30-52-47(33-38)45-24-11-13-26-51(45)56-52/h1-35H. The van der Waals surface area contributed by atoms with E-state index in [0.29, 0.717) is 0 Å². The van der Waals surface area contributed by atoms with Crippen molar-refractivity contribution in [3.05, 3.63) is 212 Å². The van der Waals surface area contributed by atoms with Crippen LogP contribution in [0.15, 0.2) is 217 Å². The number of fused-ring (bicyclic) bond motifs is 6. The number of rotatable bonds is 7. The first-order chi connectivity index (χ1) is 28.2. The van der Waals surface area contributed by atoms with Gasteiger partial charge in [0.1, 0.15) is 17.0 Å². The zero-order valence-electron chi connectivity index (χ0n) is 31.0. The summed E-state index contributed by atoms with van der Waals surface area (Å²) in [5.74, 6) is 0.888. The Bertz CT molecular complexity index is 3200. The lowest BCUT2D eigenvalue weighted by Gasteiger charge is -2.18. The number of hydrogen-bond acceptors (Lipinski definition) is 2. The van der Waals surface area contributed by atoms with E-state index >= 15 is 0 Å². The highest BCUT2D eigenvalue weighted by molar-refractivity contribution is 6.95. The fourth-order valence-corrected chi connectivity index (χ4v) is 11.0. The number of hydrogen-bond donors (Lipinski definition) is 0. The van der Waals surface area contributed by atoms with Crippen molar-refractivity contribution in [1.82, 2.24) is 9.55 Å². The van der Waals surface area contributed by atoms with Gasteiger partial charge in [0.15, 0.2) is 8.80 Å². The van der Waals surface area contributed by atoms with Crippen molar-refractivity contribution in [3.63, 3.8) is 0 Å². The van der Waals surface area contributed by atoms with E-state index in [-0.39, 0.29) is 0 Å². The Morgan fingerprint density at radius 1 is 0.351 bits per heavy atom. The number of furan rings is 1. The van der Waals surface area contributed by atoms with E-state index in [1.165, 1.54) is 26.3 Å². The first kappa shape index (κ1) is 33.1. The molecule has 0 fully saturated rings. The first-order valence-electron chi connectivity index (χ1n) is 19.4. The average molecular weight is 744 g/mol. The third kappa shape index (κ3) is 5.86. The van der Waals surface area contributed by atoms with Crippen molar-refractivity contribution >= 4 is 68.1 Å². The molecular weight excluding hydrogens is 709 g/mol. The van der Waals surface area contributed by atoms with E-state index < -0.39 is 8.80 Å². The van der Waals surface area contributed by atoms with Crippen LogP contribution in [0.4, 0.5) is 0 Å². The SMILES string of the molecule is c1ccc(-c2cc(-c3cccc([Si](c4ccccc4)c4ccccc4)c3)nc(-n3c4ccccc4c4cc(-c5ccc6oc7ccccc7c6c5)ccc43)c2)cc1. The zero-order valence-corrected chi connectivity index (χ0v) is 32.0. The second-order valence-corrected chi connectivity index (χ2v) is 17.0. The van der Waals surface area contributed by atoms with Gasteiger partial charge in [-0.15, -0.1) is 0 Å². The Labute approximate surface area is 332 Å². The predicted molar refractivity (Wildman–Crippen MR) is 240 cm³/mol. The summed E-state index contributed by atoms with van der Waals surface area (Å²) in [6.07, 6.45) is 0. The van der Waals surface area contributed by atoms with Crippen molar-refractivity contribution in [2.45, 2.75) is 0 Å². The third-order valence-corrected chi connectivity index (χ3v) is 13.8. The van der Waals surface area contributed by atoms with Gasteiger partial charge >= 0.3 is 0 Å². The van der Waals surface area contributed by atoms with Crippen LogP contribution in [0.5, 0.6) is 0 Å². The molecule has 267 valence electrons. The molecule has 3 nitrogen and oxygen atoms in total. The molecule has 0 spiro atoms. The molecule has 11 rings (SSSR count). The lowest BCUT2D eigenvalue weighted by molar-refractivity contribution is 0.669. The number of nitrogens with zero attached hydrogens (tertiary/aromatic N) is 2. The van der Waals surface area contributed by atoms with Crippen molar-refractivity contribution in [3.8, 4) is 39.3 Å². The maximum Gasteiger partial charge on any atom is 0.154 e. The zero-order chi connectivity index (χ0) is 37.7. The molecule has 4 heteroatoms. The van der Waals surface area contributed by atoms with Gasteiger partial charge in [0, 0.05) is 27.1 Å². The molecule has 0 bridgehead atoms. The summed E-state index contributed by atoms with van der Waals surface area (Å²) in [6, 6.07) is 76.4. The molecule has 0 N–H and O–H groups in total. The summed E-state index contributed by atoms with van der Waals surface area (Å²) in [4.78, 5) is 5.52. The quantitative estimate of drug-likeness (QED) is 0.120. The van der Waals surface area contributed by atoms with Crippen molar-refractivity contribution in [2.75, 3.05) is 0 Å². The fourth-order valence-electron chi connectivity index (χ4n) is 8.42. The maximum atomic E-state index is 6.16. The van der Waals surface area contributed by atoms with Gasteiger partial charge in [-0.2, -0.15) is 0 Å². The lowest BCUT2D eigenvalue weighted by atomic mass is 10.0. The number of pyridine rings is 1. The molecule has 0 saturated heterocycles. The van der Waals surface area contributed by atoms with E-state index in [2.05, 4.69) is 205 Å². The van der Waals surface area contributed by atoms with Gasteiger partial charge in [-0.25, -0.2) is 4.98 Å². The third-order valence-electron chi connectivity index (χ3n) is 11.1. The van der Waals surface area contributed by atoms with Crippen LogP contribution in [-0.4, -0.2) is 18.3 Å². The second kappa shape index (κ2) is 13.8. The summed E-state index contributed by atoms with van der Waals surface area (Å²) in [5.41, 5.74) is 10.7. The molecule has 8 aromatic carbocycles. The summed E-state index contributed by atoms with van der Waals surface area (Å²) in [5, 5.41) is 8.70. The minimum Gasteiger partial charge on any atom is -0.456 e. The van der Waals surface area contributed by atoms with Crippen LogP contribution in [0.25, 0.3) is 83.1 Å². The summed E-state index contributed by atoms with van der Waals surface area (Å²) in [7, 11) is -1.26. The van der Waals surface area contributed by atoms with Crippen LogP contribution < -0.4 is 15.6 Å². The molecule has 0 aliphatic rings.